The molecule has 2 heterocycles. The summed E-state index contributed by atoms with van der Waals surface area (Å²) in [4.78, 5) is 29.5. The van der Waals surface area contributed by atoms with E-state index in [4.69, 9.17) is 14.9 Å². The zero-order chi connectivity index (χ0) is 22.9. The first-order valence-electron chi connectivity index (χ1n) is 10.1. The van der Waals surface area contributed by atoms with E-state index in [0.717, 1.165) is 12.0 Å². The molecule has 9 nitrogen and oxygen atoms in total. The van der Waals surface area contributed by atoms with E-state index in [1.54, 1.807) is 46.0 Å². The Bertz CT molecular complexity index is 1100. The van der Waals surface area contributed by atoms with Crippen LogP contribution in [0.3, 0.4) is 0 Å². The molecule has 1 aliphatic heterocycles. The minimum atomic E-state index is -0.643. The normalized spacial score (nSPS) is 13.6. The largest absolute Gasteiger partial charge is 0.497 e. The van der Waals surface area contributed by atoms with Gasteiger partial charge in [-0.25, -0.2) is 14.2 Å². The van der Waals surface area contributed by atoms with Crippen molar-refractivity contribution in [2.75, 3.05) is 24.4 Å². The molecule has 0 saturated heterocycles. The quantitative estimate of drug-likeness (QED) is 0.682. The van der Waals surface area contributed by atoms with Crippen LogP contribution in [-0.4, -0.2) is 41.1 Å². The van der Waals surface area contributed by atoms with Crippen molar-refractivity contribution in [1.82, 2.24) is 9.55 Å². The molecular weight excluding hydrogens is 398 g/mol. The van der Waals surface area contributed by atoms with Gasteiger partial charge in [-0.15, -0.1) is 0 Å². The Morgan fingerprint density at radius 3 is 2.61 bits per heavy atom. The molecule has 31 heavy (non-hydrogen) atoms. The second-order valence-electron chi connectivity index (χ2n) is 8.37. The van der Waals surface area contributed by atoms with Gasteiger partial charge in [0.2, 0.25) is 0 Å². The number of ether oxygens (including phenoxy) is 2. The van der Waals surface area contributed by atoms with Gasteiger partial charge in [-0.2, -0.15) is 0 Å². The van der Waals surface area contributed by atoms with Gasteiger partial charge >= 0.3 is 11.8 Å². The van der Waals surface area contributed by atoms with Crippen molar-refractivity contribution in [2.24, 2.45) is 0 Å². The number of carbonyl (C=O) groups is 1. The van der Waals surface area contributed by atoms with Crippen LogP contribution in [0.1, 0.15) is 46.2 Å². The van der Waals surface area contributed by atoms with Crippen molar-refractivity contribution < 1.29 is 14.3 Å². The van der Waals surface area contributed by atoms with Crippen molar-refractivity contribution in [3.05, 3.63) is 46.2 Å². The zero-order valence-electron chi connectivity index (χ0n) is 18.8. The van der Waals surface area contributed by atoms with Gasteiger partial charge in [0, 0.05) is 31.8 Å². The van der Waals surface area contributed by atoms with E-state index in [0.29, 0.717) is 40.8 Å². The lowest BCUT2D eigenvalue weighted by Crippen LogP contribution is -2.34. The number of imidazole rings is 1. The number of hydrogen-bond acceptors (Lipinski definition) is 6. The van der Waals surface area contributed by atoms with Gasteiger partial charge in [-0.05, 0) is 38.8 Å². The lowest BCUT2D eigenvalue weighted by molar-refractivity contribution is 0.0589. The molecule has 1 aromatic carbocycles. The van der Waals surface area contributed by atoms with Gasteiger partial charge < -0.3 is 25.2 Å². The van der Waals surface area contributed by atoms with Crippen LogP contribution in [0.4, 0.5) is 16.3 Å². The lowest BCUT2D eigenvalue weighted by atomic mass is 10.1. The molecule has 1 aromatic heterocycles. The van der Waals surface area contributed by atoms with Crippen molar-refractivity contribution in [2.45, 2.75) is 46.1 Å². The van der Waals surface area contributed by atoms with Crippen LogP contribution < -0.4 is 20.6 Å². The SMILES string of the molecule is CCC1=CNc2c([nH]c(=O)n2-c2cc(OC)cc(N(C)C(=O)OC(C)(C)C)c2)C(=N)C1. The van der Waals surface area contributed by atoms with Crippen LogP contribution in [0.15, 0.2) is 34.8 Å². The molecular formula is C22H29N5O4. The van der Waals surface area contributed by atoms with Crippen LogP contribution in [0.2, 0.25) is 0 Å². The Morgan fingerprint density at radius 2 is 2.00 bits per heavy atom. The van der Waals surface area contributed by atoms with Crippen LogP contribution in [0, 0.1) is 5.41 Å². The third-order valence-corrected chi connectivity index (χ3v) is 4.89. The fraction of sp³-hybridized carbons (Fsp3) is 0.409. The number of amides is 1. The first-order chi connectivity index (χ1) is 14.5. The number of benzene rings is 1. The molecule has 0 atom stereocenters. The van der Waals surface area contributed by atoms with Gasteiger partial charge in [0.15, 0.2) is 0 Å². The first kappa shape index (κ1) is 22.2. The third-order valence-electron chi connectivity index (χ3n) is 4.89. The summed E-state index contributed by atoms with van der Waals surface area (Å²) in [7, 11) is 3.11. The average molecular weight is 428 g/mol. The number of nitrogens with zero attached hydrogens (tertiary/aromatic N) is 2. The van der Waals surface area contributed by atoms with Gasteiger partial charge in [0.1, 0.15) is 22.9 Å². The topological polar surface area (TPSA) is 112 Å². The number of allylic oxidation sites excluding steroid dienone is 1. The molecule has 166 valence electrons. The highest BCUT2D eigenvalue weighted by Gasteiger charge is 2.24. The predicted molar refractivity (Wildman–Crippen MR) is 121 cm³/mol. The smallest absolute Gasteiger partial charge is 0.414 e. The van der Waals surface area contributed by atoms with E-state index in [1.165, 1.54) is 16.6 Å². The number of fused-ring (bicyclic) bond motifs is 1. The Labute approximate surface area is 181 Å². The summed E-state index contributed by atoms with van der Waals surface area (Å²) in [6, 6.07) is 5.08. The highest BCUT2D eigenvalue weighted by Crippen LogP contribution is 2.30. The van der Waals surface area contributed by atoms with Gasteiger partial charge in [-0.1, -0.05) is 6.92 Å². The van der Waals surface area contributed by atoms with Gasteiger partial charge in [0.05, 0.1) is 24.2 Å². The molecule has 1 amide bonds. The second-order valence-corrected chi connectivity index (χ2v) is 8.37. The molecule has 9 heteroatoms. The summed E-state index contributed by atoms with van der Waals surface area (Å²) < 4.78 is 12.3. The maximum atomic E-state index is 12.8. The predicted octanol–water partition coefficient (Wildman–Crippen LogP) is 4.02. The Kier molecular flexibility index (Phi) is 5.97. The van der Waals surface area contributed by atoms with Crippen molar-refractivity contribution >= 4 is 23.3 Å². The lowest BCUT2D eigenvalue weighted by Gasteiger charge is -2.25. The standard InChI is InChI=1S/C22H29N5O4/c1-7-13-8-17(23)18-19(24-12-13)27(20(28)25-18)15-9-14(10-16(11-15)30-6)26(5)21(29)31-22(2,3)4/h9-12,23-24H,7-8H2,1-6H3,(H,25,28). The van der Waals surface area contributed by atoms with E-state index in [-0.39, 0.29) is 0 Å². The minimum absolute atomic E-state index is 0.331. The molecule has 0 spiro atoms. The Morgan fingerprint density at radius 1 is 1.29 bits per heavy atom. The summed E-state index contributed by atoms with van der Waals surface area (Å²) in [5, 5.41) is 11.6. The van der Waals surface area contributed by atoms with Crippen LogP contribution in [0.25, 0.3) is 5.69 Å². The number of aromatic nitrogens is 2. The van der Waals surface area contributed by atoms with E-state index >= 15 is 0 Å². The number of carbonyl (C=O) groups excluding carboxylic acids is 1. The number of hydrogen-bond donors (Lipinski definition) is 3. The molecule has 3 N–H and O–H groups in total. The number of H-pyrrole nitrogens is 1. The molecule has 3 rings (SSSR count). The summed E-state index contributed by atoms with van der Waals surface area (Å²) >= 11 is 0. The molecule has 0 aliphatic carbocycles. The average Bonchev–Trinajstić information content (AvgIpc) is 2.96. The fourth-order valence-electron chi connectivity index (χ4n) is 3.25. The second kappa shape index (κ2) is 8.33. The number of nitrogens with one attached hydrogen (secondary N) is 3. The van der Waals surface area contributed by atoms with E-state index < -0.39 is 17.4 Å². The molecule has 0 unspecified atom stereocenters. The highest BCUT2D eigenvalue weighted by molar-refractivity contribution is 6.03. The van der Waals surface area contributed by atoms with Gasteiger partial charge in [0.25, 0.3) is 0 Å². The van der Waals surface area contributed by atoms with Crippen molar-refractivity contribution in [1.29, 1.82) is 5.41 Å². The summed E-state index contributed by atoms with van der Waals surface area (Å²) in [5.41, 5.74) is 1.78. The maximum absolute atomic E-state index is 12.8. The number of methoxy groups -OCH3 is 1. The molecule has 2 aromatic rings. The molecule has 1 aliphatic rings. The highest BCUT2D eigenvalue weighted by atomic mass is 16.6. The van der Waals surface area contributed by atoms with Crippen LogP contribution in [-0.2, 0) is 4.74 Å². The van der Waals surface area contributed by atoms with E-state index in [1.807, 2.05) is 13.1 Å². The van der Waals surface area contributed by atoms with E-state index in [2.05, 4.69) is 10.3 Å². The third kappa shape index (κ3) is 4.65. The minimum Gasteiger partial charge on any atom is -0.497 e. The first-order valence-corrected chi connectivity index (χ1v) is 10.1. The molecule has 0 bridgehead atoms. The van der Waals surface area contributed by atoms with Crippen LogP contribution >= 0.6 is 0 Å². The summed E-state index contributed by atoms with van der Waals surface area (Å²) in [5.74, 6) is 0.941. The summed E-state index contributed by atoms with van der Waals surface area (Å²) in [6.45, 7) is 7.41. The summed E-state index contributed by atoms with van der Waals surface area (Å²) in [6.07, 6.45) is 2.56. The Hall–Kier alpha value is -3.49. The molecule has 0 radical (unpaired) electrons. The zero-order valence-corrected chi connectivity index (χ0v) is 18.8. The van der Waals surface area contributed by atoms with Crippen LogP contribution in [0.5, 0.6) is 5.75 Å². The number of rotatable bonds is 4. The molecule has 0 saturated carbocycles. The monoisotopic (exact) mass is 427 g/mol. The molecule has 0 fully saturated rings. The maximum Gasteiger partial charge on any atom is 0.414 e. The van der Waals surface area contributed by atoms with Crippen molar-refractivity contribution in [3.63, 3.8) is 0 Å². The Balaban J connectivity index is 2.10. The fourth-order valence-corrected chi connectivity index (χ4v) is 3.25. The number of anilines is 2. The number of aromatic amines is 1. The van der Waals surface area contributed by atoms with Gasteiger partial charge in [-0.3, -0.25) is 4.90 Å². The van der Waals surface area contributed by atoms with Crippen molar-refractivity contribution in [3.8, 4) is 11.4 Å². The van der Waals surface area contributed by atoms with E-state index in [9.17, 15) is 9.59 Å².